The number of aromatic nitrogens is 4. The molecule has 33 heavy (non-hydrogen) atoms. The summed E-state index contributed by atoms with van der Waals surface area (Å²) in [5.74, 6) is 0.0478. The predicted octanol–water partition coefficient (Wildman–Crippen LogP) is 5.83. The molecule has 6 nitrogen and oxygen atoms in total. The summed E-state index contributed by atoms with van der Waals surface area (Å²) in [6, 6.07) is 16.2. The number of hydrogen-bond acceptors (Lipinski definition) is 4. The van der Waals surface area contributed by atoms with Crippen LogP contribution in [0.15, 0.2) is 67.1 Å². The van der Waals surface area contributed by atoms with Crippen molar-refractivity contribution in [1.82, 2.24) is 24.6 Å². The molecule has 4 heterocycles. The maximum Gasteiger partial charge on any atom is 0.255 e. The Morgan fingerprint density at radius 3 is 2.58 bits per heavy atom. The predicted molar refractivity (Wildman–Crippen MR) is 130 cm³/mol. The quantitative estimate of drug-likeness (QED) is 0.401. The van der Waals surface area contributed by atoms with Crippen LogP contribution in [0.1, 0.15) is 67.5 Å². The van der Waals surface area contributed by atoms with Crippen LogP contribution in [0.25, 0.3) is 22.3 Å². The van der Waals surface area contributed by atoms with Gasteiger partial charge in [0.15, 0.2) is 5.65 Å². The molecule has 0 aliphatic carbocycles. The van der Waals surface area contributed by atoms with Gasteiger partial charge in [-0.05, 0) is 50.5 Å². The van der Waals surface area contributed by atoms with Gasteiger partial charge in [0.2, 0.25) is 0 Å². The van der Waals surface area contributed by atoms with Gasteiger partial charge in [0.25, 0.3) is 5.91 Å². The van der Waals surface area contributed by atoms with Crippen LogP contribution in [0.2, 0.25) is 0 Å². The molecule has 1 fully saturated rings. The van der Waals surface area contributed by atoms with Gasteiger partial charge < -0.3 is 4.90 Å². The number of carbonyl (C=O) groups excluding carboxylic acids is 1. The molecule has 1 aliphatic rings. The molecule has 0 radical (unpaired) electrons. The highest BCUT2D eigenvalue weighted by Crippen LogP contribution is 2.34. The Morgan fingerprint density at radius 2 is 1.82 bits per heavy atom. The number of hydrogen-bond donors (Lipinski definition) is 0. The van der Waals surface area contributed by atoms with Gasteiger partial charge in [-0.15, -0.1) is 0 Å². The SMILES string of the molecule is CC(C)n1ncc2c(C(=O)N3CCCCCC3c3ccncc3)cc(-c3ccccc3)nc21. The molecule has 1 amide bonds. The van der Waals surface area contributed by atoms with Gasteiger partial charge in [-0.1, -0.05) is 43.2 Å². The van der Waals surface area contributed by atoms with E-state index in [1.165, 1.54) is 0 Å². The number of fused-ring (bicyclic) bond motifs is 1. The largest absolute Gasteiger partial charge is 0.332 e. The maximum atomic E-state index is 14.2. The van der Waals surface area contributed by atoms with Crippen molar-refractivity contribution in [2.24, 2.45) is 0 Å². The molecule has 0 bridgehead atoms. The van der Waals surface area contributed by atoms with E-state index in [1.54, 1.807) is 6.20 Å². The zero-order valence-electron chi connectivity index (χ0n) is 19.2. The number of benzene rings is 1. The van der Waals surface area contributed by atoms with Crippen LogP contribution < -0.4 is 0 Å². The summed E-state index contributed by atoms with van der Waals surface area (Å²) in [5.41, 5.74) is 4.36. The summed E-state index contributed by atoms with van der Waals surface area (Å²) in [7, 11) is 0. The molecule has 1 saturated heterocycles. The molecule has 6 heteroatoms. The molecule has 0 saturated carbocycles. The van der Waals surface area contributed by atoms with Crippen molar-refractivity contribution < 1.29 is 4.79 Å². The molecule has 4 aromatic rings. The number of likely N-dealkylation sites (tertiary alicyclic amines) is 1. The average Bonchev–Trinajstić information content (AvgIpc) is 3.14. The summed E-state index contributed by atoms with van der Waals surface area (Å²) in [6.07, 6.45) is 9.64. The fraction of sp³-hybridized carbons (Fsp3) is 0.333. The lowest BCUT2D eigenvalue weighted by Crippen LogP contribution is -2.35. The van der Waals surface area contributed by atoms with Crippen molar-refractivity contribution in [2.75, 3.05) is 6.54 Å². The van der Waals surface area contributed by atoms with Gasteiger partial charge in [0, 0.05) is 30.5 Å². The third-order valence-electron chi connectivity index (χ3n) is 6.46. The lowest BCUT2D eigenvalue weighted by molar-refractivity contribution is 0.0683. The fourth-order valence-corrected chi connectivity index (χ4v) is 4.77. The van der Waals surface area contributed by atoms with Crippen molar-refractivity contribution in [3.63, 3.8) is 0 Å². The third kappa shape index (κ3) is 4.13. The normalized spacial score (nSPS) is 16.8. The first-order valence-electron chi connectivity index (χ1n) is 11.8. The van der Waals surface area contributed by atoms with Crippen molar-refractivity contribution in [1.29, 1.82) is 0 Å². The number of rotatable bonds is 4. The summed E-state index contributed by atoms with van der Waals surface area (Å²) >= 11 is 0. The minimum Gasteiger partial charge on any atom is -0.332 e. The molecule has 0 spiro atoms. The van der Waals surface area contributed by atoms with E-state index in [0.717, 1.165) is 60.1 Å². The zero-order valence-corrected chi connectivity index (χ0v) is 19.2. The minimum atomic E-state index is 0.0477. The lowest BCUT2D eigenvalue weighted by Gasteiger charge is -2.31. The van der Waals surface area contributed by atoms with Gasteiger partial charge in [0.05, 0.1) is 28.9 Å². The summed E-state index contributed by atoms with van der Waals surface area (Å²) in [6.45, 7) is 4.91. The Hall–Kier alpha value is -3.54. The van der Waals surface area contributed by atoms with E-state index in [4.69, 9.17) is 4.98 Å². The number of pyridine rings is 2. The second-order valence-corrected chi connectivity index (χ2v) is 8.99. The van der Waals surface area contributed by atoms with Crippen molar-refractivity contribution in [3.8, 4) is 11.3 Å². The van der Waals surface area contributed by atoms with E-state index in [9.17, 15) is 4.79 Å². The second kappa shape index (κ2) is 9.14. The Morgan fingerprint density at radius 1 is 1.03 bits per heavy atom. The highest BCUT2D eigenvalue weighted by atomic mass is 16.2. The summed E-state index contributed by atoms with van der Waals surface area (Å²) in [4.78, 5) is 25.3. The molecular formula is C27H29N5O. The summed E-state index contributed by atoms with van der Waals surface area (Å²) in [5, 5.41) is 5.40. The smallest absolute Gasteiger partial charge is 0.255 e. The Balaban J connectivity index is 1.65. The van der Waals surface area contributed by atoms with Gasteiger partial charge in [-0.2, -0.15) is 5.10 Å². The van der Waals surface area contributed by atoms with Crippen molar-refractivity contribution in [2.45, 2.75) is 51.6 Å². The van der Waals surface area contributed by atoms with Crippen LogP contribution in [-0.2, 0) is 0 Å². The van der Waals surface area contributed by atoms with E-state index in [-0.39, 0.29) is 18.0 Å². The maximum absolute atomic E-state index is 14.2. The third-order valence-corrected chi connectivity index (χ3v) is 6.46. The first-order valence-corrected chi connectivity index (χ1v) is 11.8. The van der Waals surface area contributed by atoms with Crippen LogP contribution in [0.3, 0.4) is 0 Å². The molecule has 1 aliphatic heterocycles. The topological polar surface area (TPSA) is 63.9 Å². The van der Waals surface area contributed by atoms with E-state index < -0.39 is 0 Å². The fourth-order valence-electron chi connectivity index (χ4n) is 4.77. The van der Waals surface area contributed by atoms with E-state index in [0.29, 0.717) is 5.56 Å². The van der Waals surface area contributed by atoms with Crippen molar-refractivity contribution >= 4 is 16.9 Å². The number of nitrogens with zero attached hydrogens (tertiary/aromatic N) is 5. The van der Waals surface area contributed by atoms with E-state index in [2.05, 4.69) is 28.8 Å². The highest BCUT2D eigenvalue weighted by molar-refractivity contribution is 6.06. The molecule has 1 unspecified atom stereocenters. The van der Waals surface area contributed by atoms with Gasteiger partial charge in [0.1, 0.15) is 0 Å². The Kier molecular flexibility index (Phi) is 5.90. The first-order chi connectivity index (χ1) is 16.1. The van der Waals surface area contributed by atoms with Gasteiger partial charge >= 0.3 is 0 Å². The van der Waals surface area contributed by atoms with Crippen molar-refractivity contribution in [3.05, 3.63) is 78.2 Å². The van der Waals surface area contributed by atoms with E-state index in [1.807, 2.05) is 65.6 Å². The number of amides is 1. The highest BCUT2D eigenvalue weighted by Gasteiger charge is 2.30. The summed E-state index contributed by atoms with van der Waals surface area (Å²) < 4.78 is 1.90. The molecule has 168 valence electrons. The minimum absolute atomic E-state index is 0.0477. The Bertz CT molecular complexity index is 1250. The second-order valence-electron chi connectivity index (χ2n) is 8.99. The molecule has 5 rings (SSSR count). The van der Waals surface area contributed by atoms with Crippen LogP contribution in [0.5, 0.6) is 0 Å². The Labute approximate surface area is 194 Å². The van der Waals surface area contributed by atoms with Crippen LogP contribution in [-0.4, -0.2) is 37.1 Å². The molecule has 1 aromatic carbocycles. The van der Waals surface area contributed by atoms with Gasteiger partial charge in [-0.25, -0.2) is 9.67 Å². The molecule has 1 atom stereocenters. The first kappa shape index (κ1) is 21.3. The van der Waals surface area contributed by atoms with Crippen LogP contribution in [0, 0.1) is 0 Å². The standard InChI is InChI=1S/C27H29N5O/c1-19(2)32-26-23(18-29-32)22(17-24(30-26)20-9-5-3-6-10-20)27(33)31-16-8-4-7-11-25(31)21-12-14-28-15-13-21/h3,5-6,9-10,12-15,17-19,25H,4,7-8,11,16H2,1-2H3. The average molecular weight is 440 g/mol. The lowest BCUT2D eigenvalue weighted by atomic mass is 10.00. The molecule has 0 N–H and O–H groups in total. The molecule has 3 aromatic heterocycles. The van der Waals surface area contributed by atoms with Crippen LogP contribution in [0.4, 0.5) is 0 Å². The van der Waals surface area contributed by atoms with Crippen LogP contribution >= 0.6 is 0 Å². The zero-order chi connectivity index (χ0) is 22.8. The number of carbonyl (C=O) groups is 1. The van der Waals surface area contributed by atoms with Gasteiger partial charge in [-0.3, -0.25) is 9.78 Å². The van der Waals surface area contributed by atoms with E-state index >= 15 is 0 Å². The monoisotopic (exact) mass is 439 g/mol. The molecular weight excluding hydrogens is 410 g/mol.